The van der Waals surface area contributed by atoms with E-state index in [9.17, 15) is 0 Å². The summed E-state index contributed by atoms with van der Waals surface area (Å²) in [6.07, 6.45) is 0. The second-order valence-corrected chi connectivity index (χ2v) is 6.48. The third-order valence-electron chi connectivity index (χ3n) is 3.21. The van der Waals surface area contributed by atoms with Gasteiger partial charge in [-0.1, -0.05) is 57.3 Å². The van der Waals surface area contributed by atoms with Crippen molar-refractivity contribution in [2.24, 2.45) is 0 Å². The highest BCUT2D eigenvalue weighted by Gasteiger charge is 2.16. The van der Waals surface area contributed by atoms with Gasteiger partial charge in [-0.15, -0.1) is 0 Å². The van der Waals surface area contributed by atoms with Gasteiger partial charge in [-0.25, -0.2) is 0 Å². The van der Waals surface area contributed by atoms with Gasteiger partial charge in [0.1, 0.15) is 5.75 Å². The molecule has 0 N–H and O–H groups in total. The Balaban J connectivity index is 2.45. The van der Waals surface area contributed by atoms with Crippen LogP contribution in [0.15, 0.2) is 30.3 Å². The van der Waals surface area contributed by atoms with Gasteiger partial charge in [-0.2, -0.15) is 0 Å². The molecule has 4 heteroatoms. The average molecular weight is 374 g/mol. The Hall–Kier alpha value is -0.700. The second-order valence-electron chi connectivity index (χ2n) is 4.72. The standard InChI is InChI=1S/C16H15BrCl2O/c1-9-6-11(7-10(2)16(9)20-3)15(17)13-5-4-12(18)8-14(13)19/h4-8,15H,1-3H3. The van der Waals surface area contributed by atoms with E-state index in [2.05, 4.69) is 28.1 Å². The molecule has 0 fully saturated rings. The first-order valence-electron chi connectivity index (χ1n) is 6.18. The summed E-state index contributed by atoms with van der Waals surface area (Å²) in [5.41, 5.74) is 4.36. The lowest BCUT2D eigenvalue weighted by atomic mass is 9.99. The fourth-order valence-electron chi connectivity index (χ4n) is 2.34. The molecule has 0 aliphatic rings. The number of aryl methyl sites for hydroxylation is 2. The van der Waals surface area contributed by atoms with E-state index in [0.717, 1.165) is 28.0 Å². The largest absolute Gasteiger partial charge is 0.496 e. The second kappa shape index (κ2) is 6.38. The maximum absolute atomic E-state index is 6.27. The van der Waals surface area contributed by atoms with Crippen LogP contribution < -0.4 is 4.74 Å². The third kappa shape index (κ3) is 3.13. The Bertz CT molecular complexity index is 617. The van der Waals surface area contributed by atoms with E-state index >= 15 is 0 Å². The Morgan fingerprint density at radius 2 is 1.65 bits per heavy atom. The Morgan fingerprint density at radius 3 is 2.15 bits per heavy atom. The van der Waals surface area contributed by atoms with E-state index in [-0.39, 0.29) is 4.83 Å². The summed E-state index contributed by atoms with van der Waals surface area (Å²) in [6.45, 7) is 4.08. The van der Waals surface area contributed by atoms with Crippen molar-refractivity contribution in [1.82, 2.24) is 0 Å². The molecule has 0 radical (unpaired) electrons. The van der Waals surface area contributed by atoms with Crippen LogP contribution in [0.5, 0.6) is 5.75 Å². The molecule has 0 saturated carbocycles. The van der Waals surface area contributed by atoms with Gasteiger partial charge in [-0.05, 0) is 48.2 Å². The van der Waals surface area contributed by atoms with Crippen molar-refractivity contribution in [3.63, 3.8) is 0 Å². The molecular formula is C16H15BrCl2O. The molecule has 0 spiro atoms. The van der Waals surface area contributed by atoms with Crippen LogP contribution in [0.4, 0.5) is 0 Å². The van der Waals surface area contributed by atoms with E-state index in [4.69, 9.17) is 27.9 Å². The van der Waals surface area contributed by atoms with E-state index in [1.807, 2.05) is 26.0 Å². The van der Waals surface area contributed by atoms with Crippen LogP contribution in [-0.2, 0) is 0 Å². The lowest BCUT2D eigenvalue weighted by Gasteiger charge is -2.16. The molecule has 2 aromatic rings. The summed E-state index contributed by atoms with van der Waals surface area (Å²) in [4.78, 5) is 0.0237. The third-order valence-corrected chi connectivity index (χ3v) is 4.80. The maximum atomic E-state index is 6.27. The SMILES string of the molecule is COc1c(C)cc(C(Br)c2ccc(Cl)cc2Cl)cc1C. The normalized spacial score (nSPS) is 12.3. The lowest BCUT2D eigenvalue weighted by molar-refractivity contribution is 0.408. The first kappa shape index (κ1) is 15.7. The topological polar surface area (TPSA) is 9.23 Å². The summed E-state index contributed by atoms with van der Waals surface area (Å²) in [7, 11) is 1.69. The molecule has 0 aliphatic heterocycles. The van der Waals surface area contributed by atoms with Crippen LogP contribution in [-0.4, -0.2) is 7.11 Å². The molecule has 1 unspecified atom stereocenters. The number of methoxy groups -OCH3 is 1. The quantitative estimate of drug-likeness (QED) is 0.590. The van der Waals surface area contributed by atoms with Gasteiger partial charge in [-0.3, -0.25) is 0 Å². The molecule has 106 valence electrons. The van der Waals surface area contributed by atoms with Crippen molar-refractivity contribution in [2.45, 2.75) is 18.7 Å². The van der Waals surface area contributed by atoms with Crippen LogP contribution in [0.2, 0.25) is 10.0 Å². The van der Waals surface area contributed by atoms with Crippen LogP contribution in [0.25, 0.3) is 0 Å². The number of alkyl halides is 1. The van der Waals surface area contributed by atoms with Gasteiger partial charge in [0.25, 0.3) is 0 Å². The number of benzene rings is 2. The molecule has 0 aromatic heterocycles. The van der Waals surface area contributed by atoms with Crippen LogP contribution in [0.3, 0.4) is 0 Å². The Morgan fingerprint density at radius 1 is 1.05 bits per heavy atom. The van der Waals surface area contributed by atoms with Crippen LogP contribution >= 0.6 is 39.1 Å². The molecule has 0 amide bonds. The molecule has 0 aliphatic carbocycles. The molecule has 20 heavy (non-hydrogen) atoms. The van der Waals surface area contributed by atoms with E-state index in [1.165, 1.54) is 0 Å². The Labute approximate surface area is 138 Å². The summed E-state index contributed by atoms with van der Waals surface area (Å²) in [6, 6.07) is 9.77. The Kier molecular flexibility index (Phi) is 5.00. The number of halogens is 3. The minimum absolute atomic E-state index is 0.0237. The number of rotatable bonds is 3. The first-order chi connectivity index (χ1) is 9.43. The van der Waals surface area contributed by atoms with Crippen molar-refractivity contribution in [3.05, 3.63) is 62.6 Å². The number of hydrogen-bond donors (Lipinski definition) is 0. The van der Waals surface area contributed by atoms with E-state index in [0.29, 0.717) is 10.0 Å². The lowest BCUT2D eigenvalue weighted by Crippen LogP contribution is -1.98. The minimum atomic E-state index is 0.0237. The van der Waals surface area contributed by atoms with Gasteiger partial charge >= 0.3 is 0 Å². The van der Waals surface area contributed by atoms with Crippen LogP contribution in [0.1, 0.15) is 27.1 Å². The first-order valence-corrected chi connectivity index (χ1v) is 7.85. The zero-order chi connectivity index (χ0) is 14.9. The van der Waals surface area contributed by atoms with Gasteiger partial charge in [0.05, 0.1) is 11.9 Å². The molecule has 1 nitrogen and oxygen atoms in total. The predicted molar refractivity (Wildman–Crippen MR) is 89.7 cm³/mol. The van der Waals surface area contributed by atoms with Gasteiger partial charge in [0, 0.05) is 10.0 Å². The minimum Gasteiger partial charge on any atom is -0.496 e. The highest BCUT2D eigenvalue weighted by atomic mass is 79.9. The molecule has 1 atom stereocenters. The predicted octanol–water partition coefficient (Wildman–Crippen LogP) is 6.10. The highest BCUT2D eigenvalue weighted by Crippen LogP contribution is 2.38. The summed E-state index contributed by atoms with van der Waals surface area (Å²) >= 11 is 15.9. The maximum Gasteiger partial charge on any atom is 0.124 e. The zero-order valence-electron chi connectivity index (χ0n) is 11.5. The summed E-state index contributed by atoms with van der Waals surface area (Å²) < 4.78 is 5.40. The molecule has 0 saturated heterocycles. The van der Waals surface area contributed by atoms with Gasteiger partial charge in [0.15, 0.2) is 0 Å². The molecular weight excluding hydrogens is 359 g/mol. The van der Waals surface area contributed by atoms with Crippen LogP contribution in [0, 0.1) is 13.8 Å². The fourth-order valence-corrected chi connectivity index (χ4v) is 3.65. The fraction of sp³-hybridized carbons (Fsp3) is 0.250. The van der Waals surface area contributed by atoms with Gasteiger partial charge < -0.3 is 4.74 Å². The van der Waals surface area contributed by atoms with Crippen molar-refractivity contribution in [1.29, 1.82) is 0 Å². The van der Waals surface area contributed by atoms with Crippen molar-refractivity contribution < 1.29 is 4.74 Å². The molecule has 0 heterocycles. The summed E-state index contributed by atoms with van der Waals surface area (Å²) in [5, 5.41) is 1.30. The van der Waals surface area contributed by atoms with Gasteiger partial charge in [0.2, 0.25) is 0 Å². The van der Waals surface area contributed by atoms with Crippen molar-refractivity contribution in [2.75, 3.05) is 7.11 Å². The van der Waals surface area contributed by atoms with E-state index < -0.39 is 0 Å². The van der Waals surface area contributed by atoms with Crippen molar-refractivity contribution >= 4 is 39.1 Å². The zero-order valence-corrected chi connectivity index (χ0v) is 14.6. The smallest absolute Gasteiger partial charge is 0.124 e. The number of hydrogen-bond acceptors (Lipinski definition) is 1. The average Bonchev–Trinajstić information content (AvgIpc) is 2.37. The molecule has 0 bridgehead atoms. The number of ether oxygens (including phenoxy) is 1. The van der Waals surface area contributed by atoms with Crippen molar-refractivity contribution in [3.8, 4) is 5.75 Å². The molecule has 2 rings (SSSR count). The summed E-state index contributed by atoms with van der Waals surface area (Å²) in [5.74, 6) is 0.927. The van der Waals surface area contributed by atoms with E-state index in [1.54, 1.807) is 13.2 Å². The highest BCUT2D eigenvalue weighted by molar-refractivity contribution is 9.09. The monoisotopic (exact) mass is 372 g/mol. The molecule has 2 aromatic carbocycles.